The largest absolute Gasteiger partial charge is 0.303 e. The summed E-state index contributed by atoms with van der Waals surface area (Å²) in [7, 11) is 0. The number of halogens is 2. The molecule has 3 aliphatic rings. The van der Waals surface area contributed by atoms with Gasteiger partial charge >= 0.3 is 0 Å². The fourth-order valence-corrected chi connectivity index (χ4v) is 2.41. The average Bonchev–Trinajstić information content (AvgIpc) is 2.18. The number of piperidine rings is 3. The van der Waals surface area contributed by atoms with Gasteiger partial charge in [-0.2, -0.15) is 0 Å². The van der Waals surface area contributed by atoms with Crippen molar-refractivity contribution >= 4 is 29.3 Å². The van der Waals surface area contributed by atoms with Crippen LogP contribution in [-0.4, -0.2) is 29.8 Å². The van der Waals surface area contributed by atoms with Crippen molar-refractivity contribution in [2.45, 2.75) is 19.3 Å². The second kappa shape index (κ2) is 4.65. The smallest absolute Gasteiger partial charge is 0.244 e. The van der Waals surface area contributed by atoms with E-state index in [4.69, 9.17) is 11.6 Å². The fraction of sp³-hybridized carbons (Fsp3) is 0.700. The predicted molar refractivity (Wildman–Crippen MR) is 60.0 cm³/mol. The number of allylic oxidation sites excluding steroid dienone is 2. The highest BCUT2D eigenvalue weighted by Gasteiger charge is 2.37. The zero-order chi connectivity index (χ0) is 9.31. The molecular weight excluding hydrogens is 221 g/mol. The molecule has 3 saturated heterocycles. The molecule has 0 radical (unpaired) electrons. The highest BCUT2D eigenvalue weighted by Crippen LogP contribution is 2.41. The van der Waals surface area contributed by atoms with Crippen molar-refractivity contribution < 1.29 is 4.79 Å². The number of carbonyl (C=O) groups excluding carboxylic acids is 1. The third-order valence-electron chi connectivity index (χ3n) is 3.35. The quantitative estimate of drug-likeness (QED) is 0.541. The van der Waals surface area contributed by atoms with Crippen LogP contribution in [0.5, 0.6) is 0 Å². The van der Waals surface area contributed by atoms with Crippen molar-refractivity contribution in [3.63, 3.8) is 0 Å². The number of hydrogen-bond donors (Lipinski definition) is 0. The summed E-state index contributed by atoms with van der Waals surface area (Å²) in [5, 5.41) is -0.345. The van der Waals surface area contributed by atoms with E-state index in [1.807, 2.05) is 6.08 Å². The number of fused-ring (bicyclic) bond motifs is 3. The lowest BCUT2D eigenvalue weighted by atomic mass is 9.72. The van der Waals surface area contributed by atoms with Gasteiger partial charge in [-0.25, -0.2) is 0 Å². The van der Waals surface area contributed by atoms with Crippen LogP contribution in [-0.2, 0) is 4.79 Å². The molecule has 0 aromatic rings. The van der Waals surface area contributed by atoms with Crippen molar-refractivity contribution in [2.24, 2.45) is 5.41 Å². The third-order valence-corrected chi connectivity index (χ3v) is 3.47. The summed E-state index contributed by atoms with van der Waals surface area (Å²) in [6.07, 6.45) is 7.14. The molecule has 80 valence electrons. The molecule has 0 amide bonds. The van der Waals surface area contributed by atoms with Crippen molar-refractivity contribution in [3.8, 4) is 0 Å². The Labute approximate surface area is 95.7 Å². The van der Waals surface area contributed by atoms with Crippen molar-refractivity contribution in [1.82, 2.24) is 4.90 Å². The third kappa shape index (κ3) is 2.50. The molecular formula is C10H15Cl2NO. The minimum atomic E-state index is -0.345. The van der Waals surface area contributed by atoms with E-state index < -0.39 is 0 Å². The van der Waals surface area contributed by atoms with Crippen LogP contribution < -0.4 is 0 Å². The summed E-state index contributed by atoms with van der Waals surface area (Å²) in [6.45, 7) is 3.54. The molecule has 0 aliphatic carbocycles. The van der Waals surface area contributed by atoms with E-state index in [1.54, 1.807) is 0 Å². The van der Waals surface area contributed by atoms with Gasteiger partial charge in [-0.3, -0.25) is 4.79 Å². The number of hydrogen-bond acceptors (Lipinski definition) is 2. The maximum Gasteiger partial charge on any atom is 0.244 e. The lowest BCUT2D eigenvalue weighted by molar-refractivity contribution is -0.107. The van der Waals surface area contributed by atoms with E-state index in [0.717, 1.165) is 0 Å². The van der Waals surface area contributed by atoms with Gasteiger partial charge in [-0.15, -0.1) is 12.4 Å². The average molecular weight is 236 g/mol. The lowest BCUT2D eigenvalue weighted by Crippen LogP contribution is -2.47. The van der Waals surface area contributed by atoms with Crippen LogP contribution >= 0.6 is 24.0 Å². The Balaban J connectivity index is 0.000000980. The topological polar surface area (TPSA) is 20.3 Å². The van der Waals surface area contributed by atoms with Crippen LogP contribution in [0.15, 0.2) is 12.2 Å². The van der Waals surface area contributed by atoms with Gasteiger partial charge in [-0.1, -0.05) is 6.08 Å². The standard InChI is InChI=1S/C10H14ClNO.ClH/c11-9(13)1-2-10-3-6-12(7-4-10)8-5-10;/h1-2H,3-8H2;1H. The van der Waals surface area contributed by atoms with Crippen molar-refractivity contribution in [3.05, 3.63) is 12.2 Å². The molecule has 3 heterocycles. The summed E-state index contributed by atoms with van der Waals surface area (Å²) in [4.78, 5) is 13.1. The minimum absolute atomic E-state index is 0. The molecule has 4 heteroatoms. The van der Waals surface area contributed by atoms with Crippen molar-refractivity contribution in [1.29, 1.82) is 0 Å². The Morgan fingerprint density at radius 3 is 2.14 bits per heavy atom. The number of nitrogens with zero attached hydrogens (tertiary/aromatic N) is 1. The van der Waals surface area contributed by atoms with Crippen LogP contribution in [0.1, 0.15) is 19.3 Å². The Kier molecular flexibility index (Phi) is 3.99. The second-order valence-electron chi connectivity index (χ2n) is 4.09. The van der Waals surface area contributed by atoms with Gasteiger partial charge in [0.15, 0.2) is 0 Å². The van der Waals surface area contributed by atoms with Gasteiger partial charge in [0.05, 0.1) is 0 Å². The molecule has 3 fully saturated rings. The molecule has 0 spiro atoms. The Bertz CT molecular complexity index is 231. The van der Waals surface area contributed by atoms with E-state index in [-0.39, 0.29) is 17.6 Å². The molecule has 3 aliphatic heterocycles. The number of rotatable bonds is 2. The molecule has 0 N–H and O–H groups in total. The monoisotopic (exact) mass is 235 g/mol. The summed E-state index contributed by atoms with van der Waals surface area (Å²) in [5.74, 6) is 0. The van der Waals surface area contributed by atoms with Crippen LogP contribution in [0, 0.1) is 5.41 Å². The maximum atomic E-state index is 10.6. The van der Waals surface area contributed by atoms with E-state index >= 15 is 0 Å². The Hall–Kier alpha value is -0.0500. The van der Waals surface area contributed by atoms with Crippen LogP contribution in [0.4, 0.5) is 0 Å². The van der Waals surface area contributed by atoms with Crippen molar-refractivity contribution in [2.75, 3.05) is 19.6 Å². The van der Waals surface area contributed by atoms with Gasteiger partial charge in [-0.05, 0) is 62.0 Å². The SMILES string of the molecule is Cl.O=C(Cl)C=CC12CCN(CC1)CC2. The molecule has 14 heavy (non-hydrogen) atoms. The highest BCUT2D eigenvalue weighted by molar-refractivity contribution is 6.66. The van der Waals surface area contributed by atoms with E-state index in [2.05, 4.69) is 4.90 Å². The summed E-state index contributed by atoms with van der Waals surface area (Å²) >= 11 is 5.29. The van der Waals surface area contributed by atoms with Gasteiger partial charge in [0.1, 0.15) is 0 Å². The first-order chi connectivity index (χ1) is 6.20. The van der Waals surface area contributed by atoms with Gasteiger partial charge in [0, 0.05) is 0 Å². The van der Waals surface area contributed by atoms with E-state index in [0.29, 0.717) is 5.41 Å². The Morgan fingerprint density at radius 2 is 1.71 bits per heavy atom. The summed E-state index contributed by atoms with van der Waals surface area (Å²) < 4.78 is 0. The maximum absolute atomic E-state index is 10.6. The predicted octanol–water partition coefficient (Wildman–Crippen LogP) is 2.22. The van der Waals surface area contributed by atoms with Gasteiger partial charge < -0.3 is 4.90 Å². The molecule has 2 bridgehead atoms. The summed E-state index contributed by atoms with van der Waals surface area (Å²) in [6, 6.07) is 0. The molecule has 0 unspecified atom stereocenters. The molecule has 2 nitrogen and oxygen atoms in total. The normalized spacial score (nSPS) is 35.6. The highest BCUT2D eigenvalue weighted by atomic mass is 35.5. The van der Waals surface area contributed by atoms with E-state index in [9.17, 15) is 4.79 Å². The number of carbonyl (C=O) groups is 1. The first-order valence-corrected chi connectivity index (χ1v) is 5.19. The fourth-order valence-electron chi connectivity index (χ4n) is 2.35. The molecule has 3 rings (SSSR count). The summed E-state index contributed by atoms with van der Waals surface area (Å²) in [5.41, 5.74) is 0.291. The minimum Gasteiger partial charge on any atom is -0.303 e. The zero-order valence-electron chi connectivity index (χ0n) is 8.04. The zero-order valence-corrected chi connectivity index (χ0v) is 9.61. The molecule has 0 saturated carbocycles. The van der Waals surface area contributed by atoms with Gasteiger partial charge in [0.2, 0.25) is 5.24 Å². The van der Waals surface area contributed by atoms with Crippen LogP contribution in [0.2, 0.25) is 0 Å². The van der Waals surface area contributed by atoms with Gasteiger partial charge in [0.25, 0.3) is 0 Å². The second-order valence-corrected chi connectivity index (χ2v) is 4.46. The first-order valence-electron chi connectivity index (χ1n) is 4.81. The van der Waals surface area contributed by atoms with Crippen LogP contribution in [0.3, 0.4) is 0 Å². The molecule has 0 aromatic heterocycles. The lowest BCUT2D eigenvalue weighted by Gasteiger charge is -2.46. The molecule has 0 atom stereocenters. The molecule has 0 aromatic carbocycles. The Morgan fingerprint density at radius 1 is 1.21 bits per heavy atom. The van der Waals surface area contributed by atoms with E-state index in [1.165, 1.54) is 45.0 Å². The van der Waals surface area contributed by atoms with Crippen LogP contribution in [0.25, 0.3) is 0 Å². The first kappa shape index (κ1) is 12.0.